The Labute approximate surface area is 144 Å². The van der Waals surface area contributed by atoms with Crippen LogP contribution in [0.25, 0.3) is 10.4 Å². The molecule has 0 aromatic heterocycles. The van der Waals surface area contributed by atoms with Gasteiger partial charge < -0.3 is 20.3 Å². The first kappa shape index (κ1) is 22.4. The zero-order valence-electron chi connectivity index (χ0n) is 13.7. The third-order valence-corrected chi connectivity index (χ3v) is 3.13. The number of rotatable bonds is 15. The van der Waals surface area contributed by atoms with E-state index < -0.39 is 23.6 Å². The number of carbonyl (C=O) groups excluding carboxylic acids is 2. The molecule has 0 fully saturated rings. The zero-order chi connectivity index (χ0) is 19.1. The van der Waals surface area contributed by atoms with Crippen molar-refractivity contribution >= 4 is 23.6 Å². The van der Waals surface area contributed by atoms with E-state index in [0.717, 1.165) is 0 Å². The van der Waals surface area contributed by atoms with Crippen LogP contribution in [-0.4, -0.2) is 60.1 Å². The SMILES string of the molecule is [N-]=[N+]=NCCOCCNC(=O)CC[C@H](CC(=O)CCC(=O)O)C(=O)O. The molecule has 0 aliphatic heterocycles. The quantitative estimate of drug-likeness (QED) is 0.167. The number of ether oxygens (including phenoxy) is 1. The highest BCUT2D eigenvalue weighted by Gasteiger charge is 2.22. The summed E-state index contributed by atoms with van der Waals surface area (Å²) < 4.78 is 5.08. The number of carboxylic acids is 2. The maximum Gasteiger partial charge on any atom is 0.306 e. The van der Waals surface area contributed by atoms with Crippen LogP contribution in [0.2, 0.25) is 0 Å². The highest BCUT2D eigenvalue weighted by Crippen LogP contribution is 2.14. The average Bonchev–Trinajstić information content (AvgIpc) is 2.55. The van der Waals surface area contributed by atoms with Crippen LogP contribution < -0.4 is 5.32 Å². The average molecular weight is 358 g/mol. The number of hydrogen-bond donors (Lipinski definition) is 3. The summed E-state index contributed by atoms with van der Waals surface area (Å²) in [4.78, 5) is 47.2. The van der Waals surface area contributed by atoms with Crippen molar-refractivity contribution in [2.75, 3.05) is 26.3 Å². The van der Waals surface area contributed by atoms with E-state index in [1.165, 1.54) is 0 Å². The highest BCUT2D eigenvalue weighted by molar-refractivity contribution is 5.86. The molecule has 0 aromatic rings. The van der Waals surface area contributed by atoms with Crippen molar-refractivity contribution in [1.29, 1.82) is 0 Å². The van der Waals surface area contributed by atoms with Gasteiger partial charge in [-0.2, -0.15) is 0 Å². The second-order valence-corrected chi connectivity index (χ2v) is 5.13. The van der Waals surface area contributed by atoms with Crippen LogP contribution in [0.1, 0.15) is 32.1 Å². The van der Waals surface area contributed by atoms with Crippen molar-refractivity contribution in [2.24, 2.45) is 11.0 Å². The van der Waals surface area contributed by atoms with Gasteiger partial charge in [-0.05, 0) is 12.0 Å². The first-order valence-corrected chi connectivity index (χ1v) is 7.68. The van der Waals surface area contributed by atoms with E-state index in [9.17, 15) is 19.2 Å². The van der Waals surface area contributed by atoms with E-state index in [4.69, 9.17) is 20.5 Å². The van der Waals surface area contributed by atoms with E-state index in [-0.39, 0.29) is 64.3 Å². The lowest BCUT2D eigenvalue weighted by molar-refractivity contribution is -0.144. The molecular weight excluding hydrogens is 336 g/mol. The summed E-state index contributed by atoms with van der Waals surface area (Å²) in [7, 11) is 0. The van der Waals surface area contributed by atoms with Gasteiger partial charge in [0.15, 0.2) is 0 Å². The third-order valence-electron chi connectivity index (χ3n) is 3.13. The van der Waals surface area contributed by atoms with Gasteiger partial charge in [0.1, 0.15) is 5.78 Å². The lowest BCUT2D eigenvalue weighted by Gasteiger charge is -2.11. The maximum absolute atomic E-state index is 11.6. The Morgan fingerprint density at radius 2 is 1.84 bits per heavy atom. The topological polar surface area (TPSA) is 179 Å². The monoisotopic (exact) mass is 358 g/mol. The van der Waals surface area contributed by atoms with Crippen molar-refractivity contribution < 1.29 is 34.1 Å². The normalized spacial score (nSPS) is 11.2. The van der Waals surface area contributed by atoms with Gasteiger partial charge in [0.05, 0.1) is 25.6 Å². The van der Waals surface area contributed by atoms with Gasteiger partial charge in [0, 0.05) is 37.3 Å². The fourth-order valence-corrected chi connectivity index (χ4v) is 1.84. The summed E-state index contributed by atoms with van der Waals surface area (Å²) in [6.07, 6.45) is -0.943. The second kappa shape index (κ2) is 13.8. The molecule has 0 rings (SSSR count). The second-order valence-electron chi connectivity index (χ2n) is 5.13. The van der Waals surface area contributed by atoms with Gasteiger partial charge in [0.25, 0.3) is 0 Å². The Balaban J connectivity index is 3.98. The molecular formula is C14H22N4O7. The number of carbonyl (C=O) groups is 4. The van der Waals surface area contributed by atoms with Crippen LogP contribution in [0.15, 0.2) is 5.11 Å². The smallest absolute Gasteiger partial charge is 0.306 e. The van der Waals surface area contributed by atoms with E-state index in [1.807, 2.05) is 0 Å². The van der Waals surface area contributed by atoms with E-state index in [2.05, 4.69) is 15.3 Å². The fourth-order valence-electron chi connectivity index (χ4n) is 1.84. The molecule has 0 saturated carbocycles. The summed E-state index contributed by atoms with van der Waals surface area (Å²) >= 11 is 0. The molecule has 11 heteroatoms. The number of carboxylic acid groups (broad SMARTS) is 2. The van der Waals surface area contributed by atoms with Crippen LogP contribution in [0.5, 0.6) is 0 Å². The summed E-state index contributed by atoms with van der Waals surface area (Å²) in [5, 5.41) is 23.4. The Bertz CT molecular complexity index is 517. The van der Waals surface area contributed by atoms with Gasteiger partial charge >= 0.3 is 11.9 Å². The van der Waals surface area contributed by atoms with Crippen LogP contribution in [0, 0.1) is 5.92 Å². The summed E-state index contributed by atoms with van der Waals surface area (Å²) in [5.74, 6) is -4.17. The largest absolute Gasteiger partial charge is 0.481 e. The number of nitrogens with one attached hydrogen (secondary N) is 1. The molecule has 1 atom stereocenters. The summed E-state index contributed by atoms with van der Waals surface area (Å²) in [6, 6.07) is 0. The number of Topliss-reactive ketones (excluding diaryl/α,β-unsaturated/α-hetero) is 1. The van der Waals surface area contributed by atoms with Gasteiger partial charge in [-0.3, -0.25) is 19.2 Å². The first-order chi connectivity index (χ1) is 11.9. The van der Waals surface area contributed by atoms with Crippen LogP contribution >= 0.6 is 0 Å². The first-order valence-electron chi connectivity index (χ1n) is 7.68. The van der Waals surface area contributed by atoms with Crippen molar-refractivity contribution in [3.05, 3.63) is 10.4 Å². The van der Waals surface area contributed by atoms with Crippen molar-refractivity contribution in [1.82, 2.24) is 5.32 Å². The Kier molecular flexibility index (Phi) is 12.3. The molecule has 140 valence electrons. The zero-order valence-corrected chi connectivity index (χ0v) is 13.7. The Hall–Kier alpha value is -2.65. The minimum atomic E-state index is -1.20. The molecule has 0 aliphatic rings. The third kappa shape index (κ3) is 13.5. The minimum absolute atomic E-state index is 0.0162. The van der Waals surface area contributed by atoms with E-state index in [1.54, 1.807) is 0 Å². The van der Waals surface area contributed by atoms with Crippen LogP contribution in [0.3, 0.4) is 0 Å². The number of hydrogen-bond acceptors (Lipinski definition) is 6. The van der Waals surface area contributed by atoms with E-state index >= 15 is 0 Å². The molecule has 11 nitrogen and oxygen atoms in total. The number of azide groups is 1. The highest BCUT2D eigenvalue weighted by atomic mass is 16.5. The molecule has 0 spiro atoms. The molecule has 0 aliphatic carbocycles. The van der Waals surface area contributed by atoms with E-state index in [0.29, 0.717) is 0 Å². The molecule has 0 bridgehead atoms. The number of nitrogens with zero attached hydrogens (tertiary/aromatic N) is 3. The molecule has 0 aromatic carbocycles. The number of amides is 1. The molecule has 0 heterocycles. The number of ketones is 1. The predicted octanol–water partition coefficient (Wildman–Crippen LogP) is 0.735. The summed E-state index contributed by atoms with van der Waals surface area (Å²) in [6.45, 7) is 0.882. The fraction of sp³-hybridized carbons (Fsp3) is 0.714. The Morgan fingerprint density at radius 1 is 1.12 bits per heavy atom. The molecule has 1 amide bonds. The molecule has 3 N–H and O–H groups in total. The van der Waals surface area contributed by atoms with Crippen molar-refractivity contribution in [2.45, 2.75) is 32.1 Å². The Morgan fingerprint density at radius 3 is 2.44 bits per heavy atom. The molecule has 0 radical (unpaired) electrons. The lowest BCUT2D eigenvalue weighted by Crippen LogP contribution is -2.29. The number of aliphatic carboxylic acids is 2. The van der Waals surface area contributed by atoms with Gasteiger partial charge in [-0.25, -0.2) is 0 Å². The van der Waals surface area contributed by atoms with Gasteiger partial charge in [0.2, 0.25) is 5.91 Å². The molecule has 0 saturated heterocycles. The van der Waals surface area contributed by atoms with Gasteiger partial charge in [-0.1, -0.05) is 5.11 Å². The molecule has 25 heavy (non-hydrogen) atoms. The van der Waals surface area contributed by atoms with Crippen LogP contribution in [0.4, 0.5) is 0 Å². The standard InChI is InChI=1S/C14H22N4O7/c15-18-17-6-8-25-7-5-16-12(20)3-1-10(14(23)24)9-11(19)2-4-13(21)22/h10H,1-9H2,(H,16,20)(H,21,22)(H,23,24)/t10-/m1/s1. The minimum Gasteiger partial charge on any atom is -0.481 e. The summed E-state index contributed by atoms with van der Waals surface area (Å²) in [5.41, 5.74) is 8.05. The maximum atomic E-state index is 11.6. The van der Waals surface area contributed by atoms with Gasteiger partial charge in [-0.15, -0.1) is 0 Å². The predicted molar refractivity (Wildman–Crippen MR) is 84.7 cm³/mol. The lowest BCUT2D eigenvalue weighted by atomic mass is 9.95. The molecule has 0 unspecified atom stereocenters. The van der Waals surface area contributed by atoms with Crippen molar-refractivity contribution in [3.8, 4) is 0 Å². The van der Waals surface area contributed by atoms with Crippen molar-refractivity contribution in [3.63, 3.8) is 0 Å². The van der Waals surface area contributed by atoms with Crippen LogP contribution in [-0.2, 0) is 23.9 Å².